The van der Waals surface area contributed by atoms with Crippen LogP contribution in [0.3, 0.4) is 0 Å². The number of benzene rings is 2. The Labute approximate surface area is 169 Å². The number of nitrogens with zero attached hydrogens (tertiary/aromatic N) is 2. The van der Waals surface area contributed by atoms with Crippen molar-refractivity contribution in [3.05, 3.63) is 94.6 Å². The first-order valence-electron chi connectivity index (χ1n) is 9.33. The van der Waals surface area contributed by atoms with Gasteiger partial charge in [-0.2, -0.15) is 5.26 Å². The molecule has 0 saturated carbocycles. The summed E-state index contributed by atoms with van der Waals surface area (Å²) in [6.07, 6.45) is 1.55. The quantitative estimate of drug-likeness (QED) is 0.494. The van der Waals surface area contributed by atoms with E-state index in [1.54, 1.807) is 28.8 Å². The molecule has 0 aliphatic carbocycles. The van der Waals surface area contributed by atoms with Gasteiger partial charge in [0.05, 0.1) is 11.7 Å². The number of halogens is 1. The number of aryl methyl sites for hydroxylation is 1. The van der Waals surface area contributed by atoms with Crippen molar-refractivity contribution in [1.82, 2.24) is 9.88 Å². The summed E-state index contributed by atoms with van der Waals surface area (Å²) in [5.74, 6) is -0.778. The molecule has 0 fully saturated rings. The number of amides is 1. The zero-order valence-electron chi connectivity index (χ0n) is 16.6. The topological polar surface area (TPSA) is 57.8 Å². The Morgan fingerprint density at radius 1 is 1.14 bits per heavy atom. The van der Waals surface area contributed by atoms with E-state index < -0.39 is 5.91 Å². The van der Waals surface area contributed by atoms with Gasteiger partial charge in [-0.3, -0.25) is 4.79 Å². The number of carbonyl (C=O) groups is 1. The van der Waals surface area contributed by atoms with Gasteiger partial charge in [0.2, 0.25) is 0 Å². The Morgan fingerprint density at radius 2 is 1.79 bits per heavy atom. The molecule has 3 aromatic rings. The van der Waals surface area contributed by atoms with E-state index in [4.69, 9.17) is 0 Å². The highest BCUT2D eigenvalue weighted by Crippen LogP contribution is 2.24. The number of hydrogen-bond donors (Lipinski definition) is 1. The Morgan fingerprint density at radius 3 is 2.45 bits per heavy atom. The maximum atomic E-state index is 14.3. The van der Waals surface area contributed by atoms with Crippen LogP contribution in [0.25, 0.3) is 11.8 Å². The molecular weight excluding hydrogens is 365 g/mol. The molecule has 2 aromatic carbocycles. The van der Waals surface area contributed by atoms with Gasteiger partial charge in [0.25, 0.3) is 5.91 Å². The van der Waals surface area contributed by atoms with Gasteiger partial charge in [-0.1, -0.05) is 42.5 Å². The van der Waals surface area contributed by atoms with Gasteiger partial charge in [0, 0.05) is 11.4 Å². The number of para-hydroxylation sites is 1. The van der Waals surface area contributed by atoms with Crippen LogP contribution in [0.5, 0.6) is 0 Å². The molecule has 29 heavy (non-hydrogen) atoms. The van der Waals surface area contributed by atoms with Crippen molar-refractivity contribution < 1.29 is 9.18 Å². The molecule has 0 aliphatic heterocycles. The van der Waals surface area contributed by atoms with Crippen LogP contribution in [-0.2, 0) is 4.79 Å². The van der Waals surface area contributed by atoms with Crippen molar-refractivity contribution in [2.75, 3.05) is 0 Å². The first-order valence-corrected chi connectivity index (χ1v) is 9.33. The molecule has 1 N–H and O–H groups in total. The van der Waals surface area contributed by atoms with Crippen LogP contribution in [0.1, 0.15) is 35.5 Å². The number of aromatic nitrogens is 1. The fourth-order valence-electron chi connectivity index (χ4n) is 3.34. The zero-order valence-corrected chi connectivity index (χ0v) is 16.6. The van der Waals surface area contributed by atoms with Gasteiger partial charge in [0.15, 0.2) is 0 Å². The standard InChI is InChI=1S/C24H22FN3O/c1-16-13-20(18(3)28(16)23-12-8-7-11-22(23)25)14-21(15-26)24(29)27-17(2)19-9-5-4-6-10-19/h4-14,17H,1-3H3,(H,27,29)/b21-14-/t17-/m0/s1. The predicted molar refractivity (Wildman–Crippen MR) is 112 cm³/mol. The van der Waals surface area contributed by atoms with Crippen LogP contribution >= 0.6 is 0 Å². The fourth-order valence-corrected chi connectivity index (χ4v) is 3.34. The smallest absolute Gasteiger partial charge is 0.262 e. The van der Waals surface area contributed by atoms with E-state index in [-0.39, 0.29) is 17.4 Å². The molecule has 0 bridgehead atoms. The maximum Gasteiger partial charge on any atom is 0.262 e. The van der Waals surface area contributed by atoms with Gasteiger partial charge in [0.1, 0.15) is 17.5 Å². The number of nitriles is 1. The number of hydrogen-bond acceptors (Lipinski definition) is 2. The Hall–Kier alpha value is -3.65. The summed E-state index contributed by atoms with van der Waals surface area (Å²) in [6.45, 7) is 5.57. The van der Waals surface area contributed by atoms with Crippen LogP contribution in [0.15, 0.2) is 66.2 Å². The van der Waals surface area contributed by atoms with E-state index in [1.165, 1.54) is 6.07 Å². The van der Waals surface area contributed by atoms with Crippen molar-refractivity contribution >= 4 is 12.0 Å². The van der Waals surface area contributed by atoms with Gasteiger partial charge in [-0.05, 0) is 56.2 Å². The van der Waals surface area contributed by atoms with E-state index in [9.17, 15) is 14.4 Å². The molecule has 0 saturated heterocycles. The summed E-state index contributed by atoms with van der Waals surface area (Å²) in [5, 5.41) is 12.4. The highest BCUT2D eigenvalue weighted by Gasteiger charge is 2.17. The second kappa shape index (κ2) is 8.57. The largest absolute Gasteiger partial charge is 0.345 e. The molecule has 0 unspecified atom stereocenters. The number of rotatable bonds is 5. The summed E-state index contributed by atoms with van der Waals surface area (Å²) in [7, 11) is 0. The van der Waals surface area contributed by atoms with E-state index in [0.717, 1.165) is 17.0 Å². The molecule has 4 nitrogen and oxygen atoms in total. The van der Waals surface area contributed by atoms with Gasteiger partial charge in [-0.15, -0.1) is 0 Å². The van der Waals surface area contributed by atoms with E-state index in [0.29, 0.717) is 11.3 Å². The van der Waals surface area contributed by atoms with Crippen molar-refractivity contribution in [2.45, 2.75) is 26.8 Å². The lowest BCUT2D eigenvalue weighted by atomic mass is 10.1. The molecule has 1 atom stereocenters. The van der Waals surface area contributed by atoms with Crippen LogP contribution in [0.4, 0.5) is 4.39 Å². The van der Waals surface area contributed by atoms with Crippen LogP contribution in [-0.4, -0.2) is 10.5 Å². The summed E-state index contributed by atoms with van der Waals surface area (Å²) < 4.78 is 16.0. The lowest BCUT2D eigenvalue weighted by Crippen LogP contribution is -2.27. The Bertz CT molecular complexity index is 1110. The molecule has 0 spiro atoms. The third-order valence-electron chi connectivity index (χ3n) is 4.88. The summed E-state index contributed by atoms with van der Waals surface area (Å²) in [5.41, 5.74) is 3.66. The lowest BCUT2D eigenvalue weighted by Gasteiger charge is -2.14. The molecule has 0 aliphatic rings. The molecule has 0 radical (unpaired) electrons. The highest BCUT2D eigenvalue weighted by atomic mass is 19.1. The van der Waals surface area contributed by atoms with Gasteiger partial charge in [-0.25, -0.2) is 4.39 Å². The Kier molecular flexibility index (Phi) is 5.94. The molecule has 1 amide bonds. The summed E-state index contributed by atoms with van der Waals surface area (Å²) in [4.78, 5) is 12.6. The average molecular weight is 387 g/mol. The van der Waals surface area contributed by atoms with Crippen molar-refractivity contribution in [3.8, 4) is 11.8 Å². The van der Waals surface area contributed by atoms with E-state index in [2.05, 4.69) is 5.32 Å². The van der Waals surface area contributed by atoms with Crippen molar-refractivity contribution in [3.63, 3.8) is 0 Å². The second-order valence-corrected chi connectivity index (χ2v) is 6.89. The first kappa shape index (κ1) is 20.1. The minimum absolute atomic E-state index is 0.00145. The molecule has 5 heteroatoms. The third-order valence-corrected chi connectivity index (χ3v) is 4.88. The maximum absolute atomic E-state index is 14.3. The minimum Gasteiger partial charge on any atom is -0.345 e. The lowest BCUT2D eigenvalue weighted by molar-refractivity contribution is -0.117. The van der Waals surface area contributed by atoms with Crippen LogP contribution < -0.4 is 5.32 Å². The number of carbonyl (C=O) groups excluding carboxylic acids is 1. The van der Waals surface area contributed by atoms with Crippen LogP contribution in [0.2, 0.25) is 0 Å². The summed E-state index contributed by atoms with van der Waals surface area (Å²) in [6, 6.07) is 19.6. The molecular formula is C24H22FN3O. The normalized spacial score (nSPS) is 12.3. The van der Waals surface area contributed by atoms with E-state index in [1.807, 2.05) is 63.2 Å². The van der Waals surface area contributed by atoms with Crippen LogP contribution in [0, 0.1) is 31.0 Å². The Balaban J connectivity index is 1.90. The number of nitrogens with one attached hydrogen (secondary N) is 1. The molecule has 3 rings (SSSR count). The minimum atomic E-state index is -0.445. The average Bonchev–Trinajstić information content (AvgIpc) is 3.00. The van der Waals surface area contributed by atoms with E-state index >= 15 is 0 Å². The fraction of sp³-hybridized carbons (Fsp3) is 0.167. The summed E-state index contributed by atoms with van der Waals surface area (Å²) >= 11 is 0. The van der Waals surface area contributed by atoms with Crippen molar-refractivity contribution in [1.29, 1.82) is 5.26 Å². The molecule has 1 aromatic heterocycles. The third kappa shape index (κ3) is 4.27. The molecule has 146 valence electrons. The van der Waals surface area contributed by atoms with Crippen molar-refractivity contribution in [2.24, 2.45) is 0 Å². The van der Waals surface area contributed by atoms with Gasteiger partial charge < -0.3 is 9.88 Å². The predicted octanol–water partition coefficient (Wildman–Crippen LogP) is 5.02. The second-order valence-electron chi connectivity index (χ2n) is 6.89. The molecule has 1 heterocycles. The SMILES string of the molecule is Cc1cc(/C=C(/C#N)C(=O)N[C@@H](C)c2ccccc2)c(C)n1-c1ccccc1F. The first-order chi connectivity index (χ1) is 13.9. The van der Waals surface area contributed by atoms with Gasteiger partial charge >= 0.3 is 0 Å². The highest BCUT2D eigenvalue weighted by molar-refractivity contribution is 6.02. The zero-order chi connectivity index (χ0) is 21.0. The monoisotopic (exact) mass is 387 g/mol.